The minimum Gasteiger partial charge on any atom is -0.444 e. The molecule has 2 aliphatic heterocycles. The number of carbonyl (C=O) groups excluding carboxylic acids is 1. The summed E-state index contributed by atoms with van der Waals surface area (Å²) in [6.07, 6.45) is 4.82. The molecular formula is C20H24F3N3O3. The first-order valence-corrected chi connectivity index (χ1v) is 9.28. The van der Waals surface area contributed by atoms with Crippen molar-refractivity contribution in [2.75, 3.05) is 11.9 Å². The molecule has 0 saturated carbocycles. The van der Waals surface area contributed by atoms with Crippen LogP contribution < -0.4 is 10.6 Å². The molecule has 3 heterocycles. The Morgan fingerprint density at radius 1 is 1.41 bits per heavy atom. The summed E-state index contributed by atoms with van der Waals surface area (Å²) in [6, 6.07) is 1.52. The predicted octanol–water partition coefficient (Wildman–Crippen LogP) is 4.41. The molecule has 9 heteroatoms. The molecule has 1 aromatic rings. The number of hydrogen-bond acceptors (Lipinski definition) is 5. The topological polar surface area (TPSA) is 72.5 Å². The number of rotatable bonds is 3. The number of anilines is 1. The van der Waals surface area contributed by atoms with E-state index in [1.165, 1.54) is 36.8 Å². The molecule has 2 unspecified atom stereocenters. The molecule has 1 aromatic heterocycles. The fraction of sp³-hybridized carbons (Fsp3) is 0.500. The van der Waals surface area contributed by atoms with Gasteiger partial charge in [-0.3, -0.25) is 10.3 Å². The number of ether oxygens (including phenoxy) is 2. The number of amides is 1. The summed E-state index contributed by atoms with van der Waals surface area (Å²) in [4.78, 5) is 16.3. The van der Waals surface area contributed by atoms with E-state index in [0.29, 0.717) is 5.56 Å². The second-order valence-corrected chi connectivity index (χ2v) is 8.07. The number of nitrogens with zero attached hydrogens (tertiary/aromatic N) is 1. The summed E-state index contributed by atoms with van der Waals surface area (Å²) in [5.41, 5.74) is -1.83. The monoisotopic (exact) mass is 411 g/mol. The van der Waals surface area contributed by atoms with Crippen LogP contribution in [0.2, 0.25) is 0 Å². The lowest BCUT2D eigenvalue weighted by Gasteiger charge is -2.44. The zero-order valence-electron chi connectivity index (χ0n) is 16.5. The first-order chi connectivity index (χ1) is 13.5. The van der Waals surface area contributed by atoms with Crippen molar-refractivity contribution in [2.24, 2.45) is 0 Å². The van der Waals surface area contributed by atoms with Gasteiger partial charge >= 0.3 is 6.09 Å². The van der Waals surface area contributed by atoms with Gasteiger partial charge in [-0.05, 0) is 51.6 Å². The molecule has 29 heavy (non-hydrogen) atoms. The van der Waals surface area contributed by atoms with Crippen LogP contribution in [0.15, 0.2) is 42.6 Å². The first kappa shape index (κ1) is 21.2. The van der Waals surface area contributed by atoms with Crippen LogP contribution in [0.25, 0.3) is 0 Å². The minimum absolute atomic E-state index is 0.0801. The average Bonchev–Trinajstić information content (AvgIpc) is 2.61. The number of alkyl halides is 2. The molecule has 3 rings (SSSR count). The Morgan fingerprint density at radius 2 is 2.17 bits per heavy atom. The lowest BCUT2D eigenvalue weighted by Crippen LogP contribution is -2.55. The quantitative estimate of drug-likeness (QED) is 0.771. The van der Waals surface area contributed by atoms with Crippen molar-refractivity contribution in [1.29, 1.82) is 0 Å². The van der Waals surface area contributed by atoms with E-state index in [9.17, 15) is 13.6 Å². The molecule has 2 aliphatic rings. The van der Waals surface area contributed by atoms with E-state index in [1.54, 1.807) is 20.8 Å². The van der Waals surface area contributed by atoms with Crippen molar-refractivity contribution < 1.29 is 27.4 Å². The summed E-state index contributed by atoms with van der Waals surface area (Å²) in [5, 5.41) is 5.52. The van der Waals surface area contributed by atoms with E-state index in [0.717, 1.165) is 0 Å². The van der Waals surface area contributed by atoms with Crippen LogP contribution in [-0.2, 0) is 15.0 Å². The maximum atomic E-state index is 15.3. The molecule has 1 saturated heterocycles. The highest BCUT2D eigenvalue weighted by molar-refractivity contribution is 5.86. The van der Waals surface area contributed by atoms with Gasteiger partial charge in [-0.2, -0.15) is 0 Å². The molecule has 158 valence electrons. The Bertz CT molecular complexity index is 826. The third-order valence-corrected chi connectivity index (χ3v) is 4.66. The Hall–Kier alpha value is -2.55. The lowest BCUT2D eigenvalue weighted by molar-refractivity contribution is -0.162. The SMILES string of the molecule is CC(C)(C)OC(=O)Nc1cnccc1C1(C2CCC(F)(F)CO2)NC=CC=C1F. The molecule has 0 aliphatic carbocycles. The number of hydrogen-bond donors (Lipinski definition) is 2. The summed E-state index contributed by atoms with van der Waals surface area (Å²) >= 11 is 0. The van der Waals surface area contributed by atoms with Crippen LogP contribution >= 0.6 is 0 Å². The van der Waals surface area contributed by atoms with E-state index >= 15 is 4.39 Å². The number of allylic oxidation sites excluding steroid dienone is 2. The van der Waals surface area contributed by atoms with Gasteiger partial charge in [0, 0.05) is 18.2 Å². The minimum atomic E-state index is -2.96. The first-order valence-electron chi connectivity index (χ1n) is 9.28. The van der Waals surface area contributed by atoms with Gasteiger partial charge in [-0.1, -0.05) is 0 Å². The van der Waals surface area contributed by atoms with Crippen LogP contribution in [-0.4, -0.2) is 35.3 Å². The zero-order chi connectivity index (χ0) is 21.3. The van der Waals surface area contributed by atoms with Crippen LogP contribution in [0.1, 0.15) is 39.2 Å². The Labute approximate surface area is 167 Å². The summed E-state index contributed by atoms with van der Waals surface area (Å²) in [6.45, 7) is 4.33. The van der Waals surface area contributed by atoms with Crippen molar-refractivity contribution in [3.63, 3.8) is 0 Å². The van der Waals surface area contributed by atoms with Crippen molar-refractivity contribution >= 4 is 11.8 Å². The largest absolute Gasteiger partial charge is 0.444 e. The van der Waals surface area contributed by atoms with Gasteiger partial charge in [0.25, 0.3) is 5.92 Å². The highest BCUT2D eigenvalue weighted by Gasteiger charge is 2.51. The maximum Gasteiger partial charge on any atom is 0.412 e. The van der Waals surface area contributed by atoms with Gasteiger partial charge in [-0.25, -0.2) is 18.0 Å². The second-order valence-electron chi connectivity index (χ2n) is 8.07. The second kappa shape index (κ2) is 7.70. The van der Waals surface area contributed by atoms with Gasteiger partial charge in [0.1, 0.15) is 23.6 Å². The van der Waals surface area contributed by atoms with E-state index < -0.39 is 48.1 Å². The molecule has 0 bridgehead atoms. The zero-order valence-corrected chi connectivity index (χ0v) is 16.5. The summed E-state index contributed by atoms with van der Waals surface area (Å²) < 4.78 is 53.2. The molecule has 0 radical (unpaired) electrons. The smallest absolute Gasteiger partial charge is 0.412 e. The summed E-state index contributed by atoms with van der Waals surface area (Å²) in [5.74, 6) is -3.58. The molecule has 6 nitrogen and oxygen atoms in total. The number of nitrogens with one attached hydrogen (secondary N) is 2. The third-order valence-electron chi connectivity index (χ3n) is 4.66. The Balaban J connectivity index is 1.99. The predicted molar refractivity (Wildman–Crippen MR) is 101 cm³/mol. The van der Waals surface area contributed by atoms with Gasteiger partial charge < -0.3 is 14.8 Å². The van der Waals surface area contributed by atoms with E-state index in [-0.39, 0.29) is 12.1 Å². The number of pyridine rings is 1. The van der Waals surface area contributed by atoms with Gasteiger partial charge in [0.2, 0.25) is 0 Å². The molecular weight excluding hydrogens is 387 g/mol. The van der Waals surface area contributed by atoms with Crippen LogP contribution in [0.4, 0.5) is 23.7 Å². The molecule has 2 N–H and O–H groups in total. The van der Waals surface area contributed by atoms with Crippen LogP contribution in [0, 0.1) is 0 Å². The molecule has 2 atom stereocenters. The highest BCUT2D eigenvalue weighted by atomic mass is 19.3. The molecule has 1 amide bonds. The van der Waals surface area contributed by atoms with Crippen LogP contribution in [0.3, 0.4) is 0 Å². The van der Waals surface area contributed by atoms with Crippen molar-refractivity contribution in [2.45, 2.75) is 56.8 Å². The van der Waals surface area contributed by atoms with E-state index in [1.807, 2.05) is 0 Å². The Kier molecular flexibility index (Phi) is 5.62. The molecule has 0 spiro atoms. The average molecular weight is 411 g/mol. The normalized spacial score (nSPS) is 26.3. The number of carbonyl (C=O) groups is 1. The fourth-order valence-electron chi connectivity index (χ4n) is 3.45. The van der Waals surface area contributed by atoms with Gasteiger partial charge in [-0.15, -0.1) is 0 Å². The van der Waals surface area contributed by atoms with Crippen molar-refractivity contribution in [3.05, 3.63) is 48.2 Å². The van der Waals surface area contributed by atoms with Crippen LogP contribution in [0.5, 0.6) is 0 Å². The highest BCUT2D eigenvalue weighted by Crippen LogP contribution is 2.45. The van der Waals surface area contributed by atoms with Gasteiger partial charge in [0.15, 0.2) is 0 Å². The summed E-state index contributed by atoms with van der Waals surface area (Å²) in [7, 11) is 0. The molecule has 0 aromatic carbocycles. The lowest BCUT2D eigenvalue weighted by atomic mass is 9.78. The molecule has 1 fully saturated rings. The van der Waals surface area contributed by atoms with E-state index in [4.69, 9.17) is 9.47 Å². The number of halogens is 3. The number of dihydropyridines is 1. The van der Waals surface area contributed by atoms with E-state index in [2.05, 4.69) is 15.6 Å². The Morgan fingerprint density at radius 3 is 2.79 bits per heavy atom. The van der Waals surface area contributed by atoms with Gasteiger partial charge in [0.05, 0.1) is 18.0 Å². The van der Waals surface area contributed by atoms with Crippen molar-refractivity contribution in [1.82, 2.24) is 10.3 Å². The third kappa shape index (κ3) is 4.55. The fourth-order valence-corrected chi connectivity index (χ4v) is 3.45. The standard InChI is InChI=1S/C20H24F3N3O3/c1-18(2,3)29-17(27)26-14-11-24-10-7-13(14)20(15(21)5-4-9-25-20)16-6-8-19(22,23)12-28-16/h4-5,7,9-11,16,25H,6,8,12H2,1-3H3,(H,26,27). The number of aromatic nitrogens is 1. The maximum absolute atomic E-state index is 15.3. The van der Waals surface area contributed by atoms with Crippen molar-refractivity contribution in [3.8, 4) is 0 Å².